The van der Waals surface area contributed by atoms with Gasteiger partial charge in [0.25, 0.3) is 0 Å². The highest BCUT2D eigenvalue weighted by atomic mass is 19.1. The minimum atomic E-state index is -0.446. The molecule has 0 aliphatic heterocycles. The molecule has 104 valence electrons. The molecular weight excluding hydrogens is 259 g/mol. The number of hydrogen-bond acceptors (Lipinski definition) is 3. The van der Waals surface area contributed by atoms with Crippen LogP contribution in [-0.4, -0.2) is 11.6 Å². The van der Waals surface area contributed by atoms with Gasteiger partial charge in [-0.2, -0.15) is 0 Å². The van der Waals surface area contributed by atoms with Gasteiger partial charge in [0.1, 0.15) is 17.3 Å². The number of furan rings is 1. The van der Waals surface area contributed by atoms with E-state index in [9.17, 15) is 14.0 Å². The Balaban J connectivity index is 2.17. The summed E-state index contributed by atoms with van der Waals surface area (Å²) < 4.78 is 18.7. The van der Waals surface area contributed by atoms with E-state index in [4.69, 9.17) is 4.42 Å². The van der Waals surface area contributed by atoms with Gasteiger partial charge in [-0.25, -0.2) is 4.39 Å². The highest BCUT2D eigenvalue weighted by Gasteiger charge is 2.18. The summed E-state index contributed by atoms with van der Waals surface area (Å²) in [6, 6.07) is 5.83. The Kier molecular flexibility index (Phi) is 3.84. The van der Waals surface area contributed by atoms with E-state index >= 15 is 0 Å². The third-order valence-electron chi connectivity index (χ3n) is 3.16. The fraction of sp³-hybridized carbons (Fsp3) is 0.250. The average Bonchev–Trinajstić information content (AvgIpc) is 2.71. The number of carbonyl (C=O) groups is 2. The van der Waals surface area contributed by atoms with Gasteiger partial charge in [-0.1, -0.05) is 12.1 Å². The van der Waals surface area contributed by atoms with Gasteiger partial charge in [0.15, 0.2) is 11.6 Å². The summed E-state index contributed by atoms with van der Waals surface area (Å²) in [5.41, 5.74) is 1.08. The maximum Gasteiger partial charge on any atom is 0.174 e. The molecule has 0 amide bonds. The average molecular weight is 274 g/mol. The molecule has 0 unspecified atom stereocenters. The summed E-state index contributed by atoms with van der Waals surface area (Å²) in [6.07, 6.45) is -0.289. The van der Waals surface area contributed by atoms with Crippen LogP contribution < -0.4 is 0 Å². The first-order valence-corrected chi connectivity index (χ1v) is 6.28. The quantitative estimate of drug-likeness (QED) is 0.629. The van der Waals surface area contributed by atoms with Gasteiger partial charge in [0, 0.05) is 5.56 Å². The largest absolute Gasteiger partial charge is 0.466 e. The Bertz CT molecular complexity index is 683. The summed E-state index contributed by atoms with van der Waals surface area (Å²) in [5.74, 6) is -0.0359. The minimum Gasteiger partial charge on any atom is -0.466 e. The predicted molar refractivity (Wildman–Crippen MR) is 72.6 cm³/mol. The van der Waals surface area contributed by atoms with Gasteiger partial charge in [-0.3, -0.25) is 9.59 Å². The first kappa shape index (κ1) is 14.2. The normalized spacial score (nSPS) is 10.6. The van der Waals surface area contributed by atoms with Crippen LogP contribution in [-0.2, 0) is 0 Å². The second-order valence-electron chi connectivity index (χ2n) is 4.81. The summed E-state index contributed by atoms with van der Waals surface area (Å²) in [7, 11) is 0. The van der Waals surface area contributed by atoms with Crippen LogP contribution in [0.2, 0.25) is 0 Å². The number of Topliss-reactive ketones (excluding diaryl/α,β-unsaturated/α-hetero) is 2. The van der Waals surface area contributed by atoms with Crippen LogP contribution in [0.15, 0.2) is 28.7 Å². The molecule has 2 rings (SSSR count). The SMILES string of the molecule is Cc1cc(C(=O)CC(=O)c2ccc(C)c(F)c2)c(C)o1. The number of ketones is 2. The summed E-state index contributed by atoms with van der Waals surface area (Å²) in [6.45, 7) is 5.03. The molecule has 0 saturated carbocycles. The standard InChI is InChI=1S/C16H15FO3/c1-9-4-5-12(7-14(9)17)15(18)8-16(19)13-6-10(2)20-11(13)3/h4-7H,8H2,1-3H3. The maximum atomic E-state index is 13.4. The van der Waals surface area contributed by atoms with Crippen molar-refractivity contribution in [3.8, 4) is 0 Å². The fourth-order valence-electron chi connectivity index (χ4n) is 2.02. The Morgan fingerprint density at radius 3 is 2.35 bits per heavy atom. The zero-order valence-electron chi connectivity index (χ0n) is 11.6. The highest BCUT2D eigenvalue weighted by Crippen LogP contribution is 2.17. The topological polar surface area (TPSA) is 47.3 Å². The molecule has 0 spiro atoms. The minimum absolute atomic E-state index is 0.208. The van der Waals surface area contributed by atoms with Gasteiger partial charge in [0.05, 0.1) is 12.0 Å². The van der Waals surface area contributed by atoms with E-state index in [0.29, 0.717) is 22.6 Å². The van der Waals surface area contributed by atoms with Crippen molar-refractivity contribution in [3.05, 3.63) is 58.3 Å². The molecule has 2 aromatic rings. The molecule has 0 atom stereocenters. The van der Waals surface area contributed by atoms with Gasteiger partial charge in [0.2, 0.25) is 0 Å². The Morgan fingerprint density at radius 2 is 1.80 bits per heavy atom. The van der Waals surface area contributed by atoms with Crippen molar-refractivity contribution in [2.24, 2.45) is 0 Å². The number of aryl methyl sites for hydroxylation is 3. The number of rotatable bonds is 4. The first-order chi connectivity index (χ1) is 9.38. The smallest absolute Gasteiger partial charge is 0.174 e. The molecule has 0 saturated heterocycles. The van der Waals surface area contributed by atoms with E-state index < -0.39 is 11.6 Å². The van der Waals surface area contributed by atoms with Crippen LogP contribution in [0.3, 0.4) is 0 Å². The lowest BCUT2D eigenvalue weighted by molar-refractivity contribution is 0.0893. The van der Waals surface area contributed by atoms with Crippen molar-refractivity contribution < 1.29 is 18.4 Å². The van der Waals surface area contributed by atoms with Crippen LogP contribution in [0, 0.1) is 26.6 Å². The maximum absolute atomic E-state index is 13.4. The molecular formula is C16H15FO3. The van der Waals surface area contributed by atoms with Gasteiger partial charge in [-0.15, -0.1) is 0 Å². The van der Waals surface area contributed by atoms with E-state index in [1.165, 1.54) is 18.2 Å². The zero-order valence-corrected chi connectivity index (χ0v) is 11.6. The molecule has 0 radical (unpaired) electrons. The molecule has 0 aliphatic rings. The van der Waals surface area contributed by atoms with Crippen LogP contribution in [0.25, 0.3) is 0 Å². The van der Waals surface area contributed by atoms with Crippen LogP contribution in [0.1, 0.15) is 44.2 Å². The van der Waals surface area contributed by atoms with E-state index in [0.717, 1.165) is 0 Å². The number of benzene rings is 1. The lowest BCUT2D eigenvalue weighted by Crippen LogP contribution is -2.09. The number of halogens is 1. The van der Waals surface area contributed by atoms with Crippen molar-refractivity contribution in [1.29, 1.82) is 0 Å². The molecule has 20 heavy (non-hydrogen) atoms. The van der Waals surface area contributed by atoms with E-state index in [2.05, 4.69) is 0 Å². The predicted octanol–water partition coefficient (Wildman–Crippen LogP) is 3.80. The molecule has 0 bridgehead atoms. The van der Waals surface area contributed by atoms with Crippen LogP contribution in [0.5, 0.6) is 0 Å². The number of carbonyl (C=O) groups excluding carboxylic acids is 2. The highest BCUT2D eigenvalue weighted by molar-refractivity contribution is 6.13. The van der Waals surface area contributed by atoms with Crippen molar-refractivity contribution in [2.45, 2.75) is 27.2 Å². The summed E-state index contributed by atoms with van der Waals surface area (Å²) >= 11 is 0. The second-order valence-corrected chi connectivity index (χ2v) is 4.81. The molecule has 1 aromatic carbocycles. The molecule has 4 heteroatoms. The second kappa shape index (κ2) is 5.41. The van der Waals surface area contributed by atoms with Crippen molar-refractivity contribution in [1.82, 2.24) is 0 Å². The Morgan fingerprint density at radius 1 is 1.10 bits per heavy atom. The first-order valence-electron chi connectivity index (χ1n) is 6.28. The third-order valence-corrected chi connectivity index (χ3v) is 3.16. The van der Waals surface area contributed by atoms with Gasteiger partial charge in [-0.05, 0) is 38.5 Å². The van der Waals surface area contributed by atoms with Crippen molar-refractivity contribution in [3.63, 3.8) is 0 Å². The Labute approximate surface area is 116 Å². The van der Waals surface area contributed by atoms with Crippen molar-refractivity contribution >= 4 is 11.6 Å². The molecule has 0 fully saturated rings. The van der Waals surface area contributed by atoms with Crippen LogP contribution >= 0.6 is 0 Å². The van der Waals surface area contributed by atoms with E-state index in [1.807, 2.05) is 0 Å². The lowest BCUT2D eigenvalue weighted by Gasteiger charge is -2.02. The van der Waals surface area contributed by atoms with E-state index in [1.54, 1.807) is 26.8 Å². The molecule has 0 aliphatic carbocycles. The monoisotopic (exact) mass is 274 g/mol. The van der Waals surface area contributed by atoms with Gasteiger partial charge >= 0.3 is 0 Å². The fourth-order valence-corrected chi connectivity index (χ4v) is 2.02. The number of hydrogen-bond donors (Lipinski definition) is 0. The third kappa shape index (κ3) is 2.85. The molecule has 3 nitrogen and oxygen atoms in total. The lowest BCUT2D eigenvalue weighted by atomic mass is 10.0. The van der Waals surface area contributed by atoms with Gasteiger partial charge < -0.3 is 4.42 Å². The van der Waals surface area contributed by atoms with Crippen molar-refractivity contribution in [2.75, 3.05) is 0 Å². The molecule has 1 aromatic heterocycles. The zero-order chi connectivity index (χ0) is 14.9. The van der Waals surface area contributed by atoms with E-state index in [-0.39, 0.29) is 17.8 Å². The van der Waals surface area contributed by atoms with Crippen LogP contribution in [0.4, 0.5) is 4.39 Å². The molecule has 1 heterocycles. The Hall–Kier alpha value is -2.23. The molecule has 0 N–H and O–H groups in total. The summed E-state index contributed by atoms with van der Waals surface area (Å²) in [4.78, 5) is 24.0. The summed E-state index contributed by atoms with van der Waals surface area (Å²) in [5, 5.41) is 0.